The van der Waals surface area contributed by atoms with Gasteiger partial charge in [-0.05, 0) is 50.9 Å². The Labute approximate surface area is 75.3 Å². The monoisotopic (exact) mass is 168 g/mol. The van der Waals surface area contributed by atoms with Crippen LogP contribution in [0.1, 0.15) is 19.8 Å². The van der Waals surface area contributed by atoms with Crippen LogP contribution in [0.3, 0.4) is 0 Å². The van der Waals surface area contributed by atoms with Crippen molar-refractivity contribution in [2.45, 2.75) is 19.8 Å². The van der Waals surface area contributed by atoms with Crippen LogP contribution in [0.2, 0.25) is 0 Å². The summed E-state index contributed by atoms with van der Waals surface area (Å²) in [4.78, 5) is 2.59. The third-order valence-corrected chi connectivity index (χ3v) is 3.52. The molecule has 2 atom stereocenters. The molecule has 0 amide bonds. The van der Waals surface area contributed by atoms with Gasteiger partial charge in [-0.25, -0.2) is 0 Å². The summed E-state index contributed by atoms with van der Waals surface area (Å²) in [7, 11) is 0. The highest BCUT2D eigenvalue weighted by Gasteiger charge is 2.30. The Morgan fingerprint density at radius 3 is 2.83 bits per heavy atom. The van der Waals surface area contributed by atoms with Crippen LogP contribution in [0.15, 0.2) is 0 Å². The Bertz CT molecular complexity index is 141. The fourth-order valence-corrected chi connectivity index (χ4v) is 2.61. The molecule has 2 unspecified atom stereocenters. The predicted molar refractivity (Wildman–Crippen MR) is 51.2 cm³/mol. The first kappa shape index (κ1) is 8.52. The Morgan fingerprint density at radius 2 is 2.25 bits per heavy atom. The molecule has 0 aliphatic carbocycles. The van der Waals surface area contributed by atoms with Crippen molar-refractivity contribution in [3.05, 3.63) is 0 Å². The number of rotatable bonds is 2. The first-order chi connectivity index (χ1) is 5.90. The van der Waals surface area contributed by atoms with Gasteiger partial charge in [-0.1, -0.05) is 6.92 Å². The van der Waals surface area contributed by atoms with E-state index in [4.69, 9.17) is 0 Å². The van der Waals surface area contributed by atoms with Crippen LogP contribution in [0.4, 0.5) is 0 Å². The normalized spacial score (nSPS) is 37.8. The van der Waals surface area contributed by atoms with E-state index in [9.17, 15) is 0 Å². The van der Waals surface area contributed by atoms with Crippen molar-refractivity contribution in [1.82, 2.24) is 10.2 Å². The molecule has 2 saturated heterocycles. The van der Waals surface area contributed by atoms with Crippen LogP contribution < -0.4 is 5.32 Å². The zero-order chi connectivity index (χ0) is 8.39. The van der Waals surface area contributed by atoms with E-state index in [0.29, 0.717) is 0 Å². The van der Waals surface area contributed by atoms with Gasteiger partial charge in [0.15, 0.2) is 0 Å². The van der Waals surface area contributed by atoms with Crippen molar-refractivity contribution in [2.75, 3.05) is 32.7 Å². The van der Waals surface area contributed by atoms with Crippen molar-refractivity contribution in [3.63, 3.8) is 0 Å². The maximum atomic E-state index is 3.46. The van der Waals surface area contributed by atoms with Crippen molar-refractivity contribution >= 4 is 0 Å². The summed E-state index contributed by atoms with van der Waals surface area (Å²) in [6.07, 6.45) is 2.86. The highest BCUT2D eigenvalue weighted by atomic mass is 15.1. The third-order valence-electron chi connectivity index (χ3n) is 3.52. The smallest absolute Gasteiger partial charge is 0.00132 e. The van der Waals surface area contributed by atoms with E-state index < -0.39 is 0 Å². The van der Waals surface area contributed by atoms with E-state index >= 15 is 0 Å². The molecule has 2 heterocycles. The topological polar surface area (TPSA) is 15.3 Å². The lowest BCUT2D eigenvalue weighted by atomic mass is 9.91. The van der Waals surface area contributed by atoms with E-state index in [-0.39, 0.29) is 0 Å². The van der Waals surface area contributed by atoms with Crippen LogP contribution in [0.5, 0.6) is 0 Å². The zero-order valence-electron chi connectivity index (χ0n) is 8.05. The van der Waals surface area contributed by atoms with Crippen molar-refractivity contribution in [2.24, 2.45) is 11.8 Å². The number of nitrogens with zero attached hydrogens (tertiary/aromatic N) is 1. The van der Waals surface area contributed by atoms with Crippen LogP contribution in [0, 0.1) is 11.8 Å². The van der Waals surface area contributed by atoms with Gasteiger partial charge >= 0.3 is 0 Å². The van der Waals surface area contributed by atoms with Gasteiger partial charge in [0.1, 0.15) is 0 Å². The first-order valence-corrected chi connectivity index (χ1v) is 5.33. The molecular weight excluding hydrogens is 148 g/mol. The van der Waals surface area contributed by atoms with Gasteiger partial charge in [-0.2, -0.15) is 0 Å². The van der Waals surface area contributed by atoms with Crippen molar-refractivity contribution < 1.29 is 0 Å². The largest absolute Gasteiger partial charge is 0.316 e. The molecule has 0 spiro atoms. The van der Waals surface area contributed by atoms with Gasteiger partial charge in [0, 0.05) is 6.54 Å². The van der Waals surface area contributed by atoms with Crippen molar-refractivity contribution in [3.8, 4) is 0 Å². The van der Waals surface area contributed by atoms with Crippen LogP contribution in [-0.4, -0.2) is 37.6 Å². The fraction of sp³-hybridized carbons (Fsp3) is 1.00. The average molecular weight is 168 g/mol. The second kappa shape index (κ2) is 3.75. The molecule has 0 radical (unpaired) electrons. The first-order valence-electron chi connectivity index (χ1n) is 5.33. The minimum absolute atomic E-state index is 0.988. The van der Waals surface area contributed by atoms with E-state index in [1.54, 1.807) is 0 Å². The summed E-state index contributed by atoms with van der Waals surface area (Å²) in [5, 5.41) is 3.46. The molecule has 0 bridgehead atoms. The molecule has 2 heteroatoms. The average Bonchev–Trinajstić information content (AvgIpc) is 2.75. The Morgan fingerprint density at radius 1 is 1.33 bits per heavy atom. The SMILES string of the molecule is CCN1CCC(C2CCNC2)C1. The molecule has 0 aromatic rings. The van der Waals surface area contributed by atoms with E-state index in [1.807, 2.05) is 0 Å². The second-order valence-corrected chi connectivity index (χ2v) is 4.19. The van der Waals surface area contributed by atoms with Gasteiger partial charge in [0.25, 0.3) is 0 Å². The molecule has 0 saturated carbocycles. The molecule has 0 aromatic heterocycles. The highest BCUT2D eigenvalue weighted by Crippen LogP contribution is 2.27. The Hall–Kier alpha value is -0.0800. The van der Waals surface area contributed by atoms with Crippen LogP contribution in [0.25, 0.3) is 0 Å². The van der Waals surface area contributed by atoms with Gasteiger partial charge < -0.3 is 10.2 Å². The Kier molecular flexibility index (Phi) is 2.66. The Balaban J connectivity index is 1.81. The number of hydrogen-bond donors (Lipinski definition) is 1. The van der Waals surface area contributed by atoms with Gasteiger partial charge in [0.2, 0.25) is 0 Å². The molecule has 2 fully saturated rings. The minimum Gasteiger partial charge on any atom is -0.316 e. The van der Waals surface area contributed by atoms with Crippen LogP contribution >= 0.6 is 0 Å². The summed E-state index contributed by atoms with van der Waals surface area (Å²) < 4.78 is 0. The van der Waals surface area contributed by atoms with E-state index in [1.165, 1.54) is 45.6 Å². The molecule has 2 rings (SSSR count). The fourth-order valence-electron chi connectivity index (χ4n) is 2.61. The zero-order valence-corrected chi connectivity index (χ0v) is 8.05. The highest BCUT2D eigenvalue weighted by molar-refractivity contribution is 4.84. The maximum absolute atomic E-state index is 3.46. The number of nitrogens with one attached hydrogen (secondary N) is 1. The molecule has 12 heavy (non-hydrogen) atoms. The summed E-state index contributed by atoms with van der Waals surface area (Å²) in [5.41, 5.74) is 0. The molecule has 2 aliphatic rings. The maximum Gasteiger partial charge on any atom is 0.00132 e. The van der Waals surface area contributed by atoms with Crippen molar-refractivity contribution in [1.29, 1.82) is 0 Å². The molecular formula is C10H20N2. The molecule has 1 N–H and O–H groups in total. The molecule has 2 aliphatic heterocycles. The van der Waals surface area contributed by atoms with E-state index in [0.717, 1.165) is 11.8 Å². The second-order valence-electron chi connectivity index (χ2n) is 4.19. The van der Waals surface area contributed by atoms with Gasteiger partial charge in [-0.3, -0.25) is 0 Å². The third kappa shape index (κ3) is 1.64. The van der Waals surface area contributed by atoms with Gasteiger partial charge in [0.05, 0.1) is 0 Å². The lowest BCUT2D eigenvalue weighted by Crippen LogP contribution is -2.23. The molecule has 0 aromatic carbocycles. The summed E-state index contributed by atoms with van der Waals surface area (Å²) in [6.45, 7) is 8.77. The summed E-state index contributed by atoms with van der Waals surface area (Å²) >= 11 is 0. The lowest BCUT2D eigenvalue weighted by Gasteiger charge is -2.17. The quantitative estimate of drug-likeness (QED) is 0.660. The van der Waals surface area contributed by atoms with Gasteiger partial charge in [-0.15, -0.1) is 0 Å². The minimum atomic E-state index is 0.988. The molecule has 2 nitrogen and oxygen atoms in total. The number of hydrogen-bond acceptors (Lipinski definition) is 2. The molecule has 70 valence electrons. The standard InChI is InChI=1S/C10H20N2/c1-2-12-6-4-10(8-12)9-3-5-11-7-9/h9-11H,2-8H2,1H3. The number of likely N-dealkylation sites (tertiary alicyclic amines) is 1. The van der Waals surface area contributed by atoms with E-state index in [2.05, 4.69) is 17.1 Å². The summed E-state index contributed by atoms with van der Waals surface area (Å²) in [5.74, 6) is 1.99. The lowest BCUT2D eigenvalue weighted by molar-refractivity contribution is 0.307. The summed E-state index contributed by atoms with van der Waals surface area (Å²) in [6, 6.07) is 0. The van der Waals surface area contributed by atoms with Crippen LogP contribution in [-0.2, 0) is 0 Å². The predicted octanol–water partition coefficient (Wildman–Crippen LogP) is 0.938.